The Morgan fingerprint density at radius 3 is 2.41 bits per heavy atom. The van der Waals surface area contributed by atoms with E-state index in [9.17, 15) is 13.6 Å². The van der Waals surface area contributed by atoms with E-state index >= 15 is 0 Å². The quantitative estimate of drug-likeness (QED) is 0.449. The molecule has 5 nitrogen and oxygen atoms in total. The number of amides is 1. The minimum absolute atomic E-state index is 0.0707. The molecule has 3 aromatic rings. The first-order valence-corrected chi connectivity index (χ1v) is 11.3. The van der Waals surface area contributed by atoms with Crippen LogP contribution in [0.4, 0.5) is 8.78 Å². The second kappa shape index (κ2) is 10.4. The summed E-state index contributed by atoms with van der Waals surface area (Å²) < 4.78 is 32.7. The summed E-state index contributed by atoms with van der Waals surface area (Å²) >= 11 is 0. The predicted octanol–water partition coefficient (Wildman–Crippen LogP) is 3.85. The third-order valence-corrected chi connectivity index (χ3v) is 6.14. The van der Waals surface area contributed by atoms with Crippen LogP contribution in [0.15, 0.2) is 60.7 Å². The lowest BCUT2D eigenvalue weighted by Crippen LogP contribution is -2.53. The fourth-order valence-corrected chi connectivity index (χ4v) is 4.68. The number of hydrogen-bond acceptors (Lipinski definition) is 4. The van der Waals surface area contributed by atoms with Gasteiger partial charge in [-0.1, -0.05) is 42.5 Å². The summed E-state index contributed by atoms with van der Waals surface area (Å²) in [7, 11) is 1.67. The second-order valence-electron chi connectivity index (χ2n) is 8.74. The Morgan fingerprint density at radius 2 is 1.71 bits per heavy atom. The Labute approximate surface area is 198 Å². The Bertz CT molecular complexity index is 1160. The molecule has 3 atom stereocenters. The second-order valence-corrected chi connectivity index (χ2v) is 8.74. The normalized spacial score (nSPS) is 16.0. The number of halogens is 2. The molecule has 1 amide bonds. The molecule has 4 rings (SSSR count). The first-order valence-electron chi connectivity index (χ1n) is 11.3. The summed E-state index contributed by atoms with van der Waals surface area (Å²) in [5.74, 6) is -1.57. The van der Waals surface area contributed by atoms with E-state index in [0.29, 0.717) is 18.7 Å². The van der Waals surface area contributed by atoms with Crippen molar-refractivity contribution in [3.8, 4) is 11.1 Å². The molecule has 0 saturated heterocycles. The number of methoxy groups -OCH3 is 1. The van der Waals surface area contributed by atoms with Gasteiger partial charge >= 0.3 is 0 Å². The Hall–Kier alpha value is -3.13. The maximum absolute atomic E-state index is 13.7. The monoisotopic (exact) mass is 465 g/mol. The highest BCUT2D eigenvalue weighted by molar-refractivity contribution is 5.79. The summed E-state index contributed by atoms with van der Waals surface area (Å²) in [4.78, 5) is 11.8. The van der Waals surface area contributed by atoms with Gasteiger partial charge in [0.15, 0.2) is 0 Å². The molecule has 34 heavy (non-hydrogen) atoms. The van der Waals surface area contributed by atoms with Crippen molar-refractivity contribution in [1.82, 2.24) is 10.6 Å². The number of fused-ring (bicyclic) bond motifs is 3. The van der Waals surface area contributed by atoms with Gasteiger partial charge in [-0.05, 0) is 51.9 Å². The van der Waals surface area contributed by atoms with Crippen molar-refractivity contribution in [2.45, 2.75) is 38.1 Å². The van der Waals surface area contributed by atoms with E-state index in [-0.39, 0.29) is 18.4 Å². The molecule has 3 aromatic carbocycles. The lowest BCUT2D eigenvalue weighted by molar-refractivity contribution is -0.119. The van der Waals surface area contributed by atoms with Crippen LogP contribution >= 0.6 is 0 Å². The van der Waals surface area contributed by atoms with Crippen LogP contribution in [0.5, 0.6) is 0 Å². The highest BCUT2D eigenvalue weighted by Gasteiger charge is 2.29. The van der Waals surface area contributed by atoms with E-state index in [4.69, 9.17) is 10.5 Å². The standard InChI is InChI=1S/C27H29F2N3O2/c1-16(33)32-26(12-18-9-19(28)13-20(29)10-18)25(30)14-31-27-23-6-4-3-5-21(23)22-8-7-17(15-34-2)11-24(22)27/h3-11,13,25-27,31H,12,14-15,30H2,1-2H3,(H,32,33)/t25-,26-,27?/m0/s1. The third kappa shape index (κ3) is 5.33. The SMILES string of the molecule is COCc1ccc2c(c1)C(NC[C@H](N)[C@H](Cc1cc(F)cc(F)c1)NC(C)=O)c1ccccc1-2. The summed E-state index contributed by atoms with van der Waals surface area (Å²) in [5, 5.41) is 6.40. The molecule has 0 heterocycles. The van der Waals surface area contributed by atoms with Crippen LogP contribution in [0.2, 0.25) is 0 Å². The summed E-state index contributed by atoms with van der Waals surface area (Å²) in [6.45, 7) is 2.31. The van der Waals surface area contributed by atoms with Gasteiger partial charge in [0.25, 0.3) is 0 Å². The van der Waals surface area contributed by atoms with Crippen molar-refractivity contribution in [2.24, 2.45) is 5.73 Å². The summed E-state index contributed by atoms with van der Waals surface area (Å²) in [5.41, 5.74) is 12.6. The molecule has 0 aromatic heterocycles. The van der Waals surface area contributed by atoms with Gasteiger partial charge in [-0.3, -0.25) is 4.79 Å². The van der Waals surface area contributed by atoms with E-state index < -0.39 is 23.7 Å². The lowest BCUT2D eigenvalue weighted by Gasteiger charge is -2.27. The number of carbonyl (C=O) groups is 1. The van der Waals surface area contributed by atoms with Crippen molar-refractivity contribution in [2.75, 3.05) is 13.7 Å². The molecule has 1 unspecified atom stereocenters. The smallest absolute Gasteiger partial charge is 0.217 e. The first-order chi connectivity index (χ1) is 16.4. The highest BCUT2D eigenvalue weighted by Crippen LogP contribution is 2.43. The number of benzene rings is 3. The highest BCUT2D eigenvalue weighted by atomic mass is 19.1. The lowest BCUT2D eigenvalue weighted by atomic mass is 9.98. The molecular weight excluding hydrogens is 436 g/mol. The zero-order chi connectivity index (χ0) is 24.2. The van der Waals surface area contributed by atoms with Crippen molar-refractivity contribution in [1.29, 1.82) is 0 Å². The first kappa shape index (κ1) is 24.0. The van der Waals surface area contributed by atoms with E-state index in [1.165, 1.54) is 24.6 Å². The molecule has 0 bridgehead atoms. The molecule has 0 fully saturated rings. The van der Waals surface area contributed by atoms with Crippen molar-refractivity contribution >= 4 is 5.91 Å². The van der Waals surface area contributed by atoms with Gasteiger partial charge in [0.1, 0.15) is 11.6 Å². The fraction of sp³-hybridized carbons (Fsp3) is 0.296. The van der Waals surface area contributed by atoms with E-state index in [1.54, 1.807) is 7.11 Å². The third-order valence-electron chi connectivity index (χ3n) is 6.14. The molecule has 1 aliphatic rings. The fourth-order valence-electron chi connectivity index (χ4n) is 4.68. The summed E-state index contributed by atoms with van der Waals surface area (Å²) in [6, 6.07) is 16.8. The van der Waals surface area contributed by atoms with Gasteiger partial charge in [-0.25, -0.2) is 8.78 Å². The Balaban J connectivity index is 1.54. The molecular formula is C27H29F2N3O2. The van der Waals surface area contributed by atoms with Crippen molar-refractivity contribution < 1.29 is 18.3 Å². The van der Waals surface area contributed by atoms with Crippen LogP contribution in [0, 0.1) is 11.6 Å². The predicted molar refractivity (Wildman–Crippen MR) is 128 cm³/mol. The summed E-state index contributed by atoms with van der Waals surface area (Å²) in [6.07, 6.45) is 0.215. The van der Waals surface area contributed by atoms with E-state index in [0.717, 1.165) is 28.3 Å². The molecule has 0 spiro atoms. The number of nitrogens with two attached hydrogens (primary N) is 1. The van der Waals surface area contributed by atoms with E-state index in [1.807, 2.05) is 12.1 Å². The molecule has 0 aliphatic heterocycles. The minimum Gasteiger partial charge on any atom is -0.380 e. The van der Waals surface area contributed by atoms with Crippen LogP contribution in [0.1, 0.15) is 35.2 Å². The van der Waals surface area contributed by atoms with Gasteiger partial charge in [0, 0.05) is 38.7 Å². The Morgan fingerprint density at radius 1 is 1.00 bits per heavy atom. The molecule has 178 valence electrons. The number of carbonyl (C=O) groups excluding carboxylic acids is 1. The average molecular weight is 466 g/mol. The van der Waals surface area contributed by atoms with Crippen molar-refractivity contribution in [3.63, 3.8) is 0 Å². The zero-order valence-corrected chi connectivity index (χ0v) is 19.3. The molecule has 4 N–H and O–H groups in total. The zero-order valence-electron chi connectivity index (χ0n) is 19.3. The van der Waals surface area contributed by atoms with Gasteiger partial charge in [0.05, 0.1) is 12.6 Å². The van der Waals surface area contributed by atoms with Crippen LogP contribution in [-0.4, -0.2) is 31.6 Å². The minimum atomic E-state index is -0.658. The largest absolute Gasteiger partial charge is 0.380 e. The van der Waals surface area contributed by atoms with Gasteiger partial charge in [0.2, 0.25) is 5.91 Å². The maximum Gasteiger partial charge on any atom is 0.217 e. The van der Waals surface area contributed by atoms with Crippen molar-refractivity contribution in [3.05, 3.63) is 94.6 Å². The number of rotatable bonds is 9. The maximum atomic E-state index is 13.7. The molecule has 0 saturated carbocycles. The van der Waals surface area contributed by atoms with Gasteiger partial charge < -0.3 is 21.1 Å². The average Bonchev–Trinajstić information content (AvgIpc) is 3.09. The molecule has 7 heteroatoms. The van der Waals surface area contributed by atoms with Crippen LogP contribution in [-0.2, 0) is 22.6 Å². The van der Waals surface area contributed by atoms with E-state index in [2.05, 4.69) is 41.0 Å². The molecule has 0 radical (unpaired) electrons. The van der Waals surface area contributed by atoms with Crippen LogP contribution in [0.25, 0.3) is 11.1 Å². The topological polar surface area (TPSA) is 76.4 Å². The van der Waals surface area contributed by atoms with Gasteiger partial charge in [-0.2, -0.15) is 0 Å². The number of hydrogen-bond donors (Lipinski definition) is 3. The van der Waals surface area contributed by atoms with Crippen LogP contribution < -0.4 is 16.4 Å². The van der Waals surface area contributed by atoms with Crippen LogP contribution in [0.3, 0.4) is 0 Å². The molecule has 1 aliphatic carbocycles. The number of ether oxygens (including phenoxy) is 1. The Kier molecular flexibility index (Phi) is 7.36. The number of nitrogens with one attached hydrogen (secondary N) is 2. The van der Waals surface area contributed by atoms with Gasteiger partial charge in [-0.15, -0.1) is 0 Å².